The smallest absolute Gasteiger partial charge is 0.0556 e. The van der Waals surface area contributed by atoms with Crippen LogP contribution < -0.4 is 5.32 Å². The summed E-state index contributed by atoms with van der Waals surface area (Å²) in [5.74, 6) is 0. The van der Waals surface area contributed by atoms with Crippen LogP contribution in [0.5, 0.6) is 0 Å². The Balaban J connectivity index is 2.18. The predicted molar refractivity (Wildman–Crippen MR) is 72.3 cm³/mol. The molecule has 2 heterocycles. The van der Waals surface area contributed by atoms with E-state index in [4.69, 9.17) is 0 Å². The number of aryl methyl sites for hydroxylation is 1. The van der Waals surface area contributed by atoms with Crippen molar-refractivity contribution in [3.8, 4) is 0 Å². The molecule has 0 saturated heterocycles. The van der Waals surface area contributed by atoms with Gasteiger partial charge in [-0.15, -0.1) is 0 Å². The van der Waals surface area contributed by atoms with Crippen LogP contribution in [0.3, 0.4) is 0 Å². The highest BCUT2D eigenvalue weighted by Crippen LogP contribution is 2.17. The molecule has 0 spiro atoms. The second kappa shape index (κ2) is 6.31. The van der Waals surface area contributed by atoms with Crippen molar-refractivity contribution in [2.24, 2.45) is 0 Å². The molecule has 4 nitrogen and oxygen atoms in total. The van der Waals surface area contributed by atoms with E-state index in [9.17, 15) is 0 Å². The van der Waals surface area contributed by atoms with Gasteiger partial charge in [0.25, 0.3) is 0 Å². The zero-order valence-corrected chi connectivity index (χ0v) is 11.0. The highest BCUT2D eigenvalue weighted by molar-refractivity contribution is 5.16. The van der Waals surface area contributed by atoms with E-state index in [1.165, 1.54) is 11.3 Å². The number of pyridine rings is 1. The van der Waals surface area contributed by atoms with Gasteiger partial charge in [-0.05, 0) is 37.6 Å². The molecule has 0 bridgehead atoms. The fourth-order valence-corrected chi connectivity index (χ4v) is 2.19. The Hall–Kier alpha value is -1.68. The van der Waals surface area contributed by atoms with Crippen LogP contribution in [0.25, 0.3) is 0 Å². The Morgan fingerprint density at radius 2 is 2.17 bits per heavy atom. The van der Waals surface area contributed by atoms with Crippen molar-refractivity contribution in [2.45, 2.75) is 32.9 Å². The molecule has 18 heavy (non-hydrogen) atoms. The zero-order valence-electron chi connectivity index (χ0n) is 11.0. The molecular weight excluding hydrogens is 224 g/mol. The topological polar surface area (TPSA) is 42.7 Å². The molecule has 0 amide bonds. The lowest BCUT2D eigenvalue weighted by molar-refractivity contribution is 0.490. The fraction of sp³-hybridized carbons (Fsp3) is 0.429. The Labute approximate surface area is 108 Å². The monoisotopic (exact) mass is 244 g/mol. The highest BCUT2D eigenvalue weighted by Gasteiger charge is 2.15. The van der Waals surface area contributed by atoms with E-state index < -0.39 is 0 Å². The average Bonchev–Trinajstić information content (AvgIpc) is 2.87. The third-order valence-electron chi connectivity index (χ3n) is 3.02. The van der Waals surface area contributed by atoms with Crippen molar-refractivity contribution in [2.75, 3.05) is 6.54 Å². The number of nitrogens with one attached hydrogen (secondary N) is 1. The molecule has 2 aromatic rings. The molecule has 0 aliphatic carbocycles. The van der Waals surface area contributed by atoms with E-state index in [0.29, 0.717) is 6.04 Å². The minimum absolute atomic E-state index is 0.293. The summed E-state index contributed by atoms with van der Waals surface area (Å²) >= 11 is 0. The van der Waals surface area contributed by atoms with Gasteiger partial charge in [-0.3, -0.25) is 9.67 Å². The largest absolute Gasteiger partial charge is 0.309 e. The Kier molecular flexibility index (Phi) is 4.47. The number of hydrogen-bond donors (Lipinski definition) is 1. The third kappa shape index (κ3) is 2.96. The van der Waals surface area contributed by atoms with Crippen LogP contribution in [0.2, 0.25) is 0 Å². The molecule has 0 aliphatic heterocycles. The van der Waals surface area contributed by atoms with Crippen molar-refractivity contribution < 1.29 is 0 Å². The normalized spacial score (nSPS) is 12.6. The first-order valence-corrected chi connectivity index (χ1v) is 6.49. The summed E-state index contributed by atoms with van der Waals surface area (Å²) in [5, 5.41) is 7.86. The number of aromatic nitrogens is 3. The maximum Gasteiger partial charge on any atom is 0.0556 e. The second-order valence-electron chi connectivity index (χ2n) is 4.25. The summed E-state index contributed by atoms with van der Waals surface area (Å²) in [6.45, 7) is 6.09. The second-order valence-corrected chi connectivity index (χ2v) is 4.25. The molecular formula is C14H20N4. The molecule has 1 unspecified atom stereocenters. The Morgan fingerprint density at radius 3 is 2.83 bits per heavy atom. The van der Waals surface area contributed by atoms with Crippen LogP contribution in [0.1, 0.15) is 31.1 Å². The fourth-order valence-electron chi connectivity index (χ4n) is 2.19. The summed E-state index contributed by atoms with van der Waals surface area (Å²) in [7, 11) is 0. The summed E-state index contributed by atoms with van der Waals surface area (Å²) in [4.78, 5) is 4.17. The lowest BCUT2D eigenvalue weighted by Crippen LogP contribution is -2.25. The molecule has 0 saturated carbocycles. The van der Waals surface area contributed by atoms with Gasteiger partial charge in [0.1, 0.15) is 0 Å². The van der Waals surface area contributed by atoms with Crippen LogP contribution in [-0.4, -0.2) is 21.3 Å². The average molecular weight is 244 g/mol. The van der Waals surface area contributed by atoms with Crippen molar-refractivity contribution >= 4 is 0 Å². The number of hydrogen-bond acceptors (Lipinski definition) is 3. The molecule has 0 aliphatic rings. The quantitative estimate of drug-likeness (QED) is 0.847. The van der Waals surface area contributed by atoms with Crippen LogP contribution in [0, 0.1) is 0 Å². The molecule has 0 radical (unpaired) electrons. The van der Waals surface area contributed by atoms with E-state index in [1.54, 1.807) is 0 Å². The van der Waals surface area contributed by atoms with Crippen molar-refractivity contribution in [1.82, 2.24) is 20.1 Å². The number of nitrogens with zero attached hydrogens (tertiary/aromatic N) is 3. The number of rotatable bonds is 6. The highest BCUT2D eigenvalue weighted by atomic mass is 15.3. The van der Waals surface area contributed by atoms with Crippen LogP contribution >= 0.6 is 0 Å². The minimum atomic E-state index is 0.293. The van der Waals surface area contributed by atoms with E-state index in [2.05, 4.69) is 41.4 Å². The predicted octanol–water partition coefficient (Wildman–Crippen LogP) is 2.19. The molecule has 0 fully saturated rings. The lowest BCUT2D eigenvalue weighted by atomic mass is 10.0. The van der Waals surface area contributed by atoms with Gasteiger partial charge >= 0.3 is 0 Å². The van der Waals surface area contributed by atoms with Gasteiger partial charge < -0.3 is 5.32 Å². The van der Waals surface area contributed by atoms with Crippen LogP contribution in [0.4, 0.5) is 0 Å². The zero-order chi connectivity index (χ0) is 12.8. The first kappa shape index (κ1) is 12.8. The third-order valence-corrected chi connectivity index (χ3v) is 3.02. The van der Waals surface area contributed by atoms with Crippen LogP contribution in [0.15, 0.2) is 36.8 Å². The van der Waals surface area contributed by atoms with Gasteiger partial charge in [0.05, 0.1) is 11.7 Å². The number of likely N-dealkylation sites (N-methyl/N-ethyl adjacent to an activating group) is 1. The Morgan fingerprint density at radius 1 is 1.28 bits per heavy atom. The molecule has 1 N–H and O–H groups in total. The van der Waals surface area contributed by atoms with E-state index in [1.807, 2.05) is 29.3 Å². The lowest BCUT2D eigenvalue weighted by Gasteiger charge is -2.19. The van der Waals surface area contributed by atoms with Gasteiger partial charge in [-0.2, -0.15) is 5.10 Å². The molecule has 96 valence electrons. The van der Waals surface area contributed by atoms with Gasteiger partial charge in [0.2, 0.25) is 0 Å². The Bertz CT molecular complexity index is 464. The van der Waals surface area contributed by atoms with E-state index >= 15 is 0 Å². The first-order valence-electron chi connectivity index (χ1n) is 6.49. The molecule has 2 aromatic heterocycles. The van der Waals surface area contributed by atoms with E-state index in [-0.39, 0.29) is 0 Å². The summed E-state index contributed by atoms with van der Waals surface area (Å²) in [6.07, 6.45) is 6.54. The maximum absolute atomic E-state index is 4.34. The molecule has 1 atom stereocenters. The minimum Gasteiger partial charge on any atom is -0.309 e. The SMILES string of the molecule is CCNC(Cc1cccnc1)c1ccnn1CC. The van der Waals surface area contributed by atoms with Gasteiger partial charge in [0, 0.05) is 25.1 Å². The van der Waals surface area contributed by atoms with Gasteiger partial charge in [-0.1, -0.05) is 13.0 Å². The molecule has 4 heteroatoms. The van der Waals surface area contributed by atoms with Crippen molar-refractivity contribution in [1.29, 1.82) is 0 Å². The summed E-state index contributed by atoms with van der Waals surface area (Å²) < 4.78 is 2.05. The molecule has 0 aromatic carbocycles. The summed E-state index contributed by atoms with van der Waals surface area (Å²) in [6, 6.07) is 6.48. The van der Waals surface area contributed by atoms with Gasteiger partial charge in [0.15, 0.2) is 0 Å². The van der Waals surface area contributed by atoms with E-state index in [0.717, 1.165) is 19.5 Å². The van der Waals surface area contributed by atoms with Crippen molar-refractivity contribution in [3.05, 3.63) is 48.0 Å². The van der Waals surface area contributed by atoms with Crippen LogP contribution in [-0.2, 0) is 13.0 Å². The van der Waals surface area contributed by atoms with Gasteiger partial charge in [-0.25, -0.2) is 0 Å². The maximum atomic E-state index is 4.34. The summed E-state index contributed by atoms with van der Waals surface area (Å²) in [5.41, 5.74) is 2.48. The standard InChI is InChI=1S/C14H20N4/c1-3-16-13(10-12-6-5-8-15-11-12)14-7-9-17-18(14)4-2/h5-9,11,13,16H,3-4,10H2,1-2H3. The molecule has 2 rings (SSSR count). The first-order chi connectivity index (χ1) is 8.85. The van der Waals surface area contributed by atoms with Crippen molar-refractivity contribution in [3.63, 3.8) is 0 Å².